The van der Waals surface area contributed by atoms with E-state index in [1.165, 1.54) is 17.4 Å². The maximum atomic E-state index is 13.7. The van der Waals surface area contributed by atoms with Gasteiger partial charge in [0, 0.05) is 44.0 Å². The van der Waals surface area contributed by atoms with Gasteiger partial charge in [0.05, 0.1) is 10.9 Å². The molecule has 1 aromatic heterocycles. The molecule has 0 spiro atoms. The Balaban J connectivity index is 1.54. The molecule has 2 aliphatic heterocycles. The molecular weight excluding hydrogens is 539 g/mol. The van der Waals surface area contributed by atoms with E-state index in [-0.39, 0.29) is 23.1 Å². The van der Waals surface area contributed by atoms with Gasteiger partial charge in [-0.25, -0.2) is 0 Å². The average Bonchev–Trinajstić information content (AvgIpc) is 3.27. The standard InChI is InChI=1S/C31H31N5O2S2/c1-4-35-28(34-17-15-33(16-18-34)24-13-9-6-10-14-24)25(21(2)26(20-32)29(35)37)19-27-30(38)36(31(39)40-27)22(3)23-11-7-5-8-12-23/h5-14,19,22H,4,15-18H2,1-3H3/b27-19-. The van der Waals surface area contributed by atoms with Gasteiger partial charge in [-0.15, -0.1) is 0 Å². The van der Waals surface area contributed by atoms with Crippen LogP contribution < -0.4 is 15.4 Å². The zero-order valence-corrected chi connectivity index (χ0v) is 24.5. The lowest BCUT2D eigenvalue weighted by Gasteiger charge is -2.39. The first-order chi connectivity index (χ1) is 19.3. The summed E-state index contributed by atoms with van der Waals surface area (Å²) < 4.78 is 2.16. The Morgan fingerprint density at radius 1 is 1.00 bits per heavy atom. The van der Waals surface area contributed by atoms with E-state index in [4.69, 9.17) is 12.2 Å². The van der Waals surface area contributed by atoms with Crippen LogP contribution in [0, 0.1) is 18.3 Å². The minimum absolute atomic E-state index is 0.105. The molecule has 5 rings (SSSR count). The van der Waals surface area contributed by atoms with Crippen molar-refractivity contribution in [2.45, 2.75) is 33.4 Å². The first-order valence-electron chi connectivity index (χ1n) is 13.4. The molecule has 0 radical (unpaired) electrons. The predicted molar refractivity (Wildman–Crippen MR) is 167 cm³/mol. The highest BCUT2D eigenvalue weighted by molar-refractivity contribution is 8.26. The third-order valence-electron chi connectivity index (χ3n) is 7.63. The summed E-state index contributed by atoms with van der Waals surface area (Å²) in [7, 11) is 0. The topological polar surface area (TPSA) is 72.6 Å². The summed E-state index contributed by atoms with van der Waals surface area (Å²) in [6.07, 6.45) is 1.83. The van der Waals surface area contributed by atoms with Crippen LogP contribution in [0.1, 0.15) is 42.1 Å². The number of aromatic nitrogens is 1. The van der Waals surface area contributed by atoms with Crippen molar-refractivity contribution in [1.82, 2.24) is 9.47 Å². The minimum Gasteiger partial charge on any atom is -0.368 e. The molecule has 1 unspecified atom stereocenters. The molecule has 0 aliphatic carbocycles. The number of rotatable bonds is 6. The smallest absolute Gasteiger partial charge is 0.270 e. The van der Waals surface area contributed by atoms with E-state index in [2.05, 4.69) is 28.0 Å². The van der Waals surface area contributed by atoms with Crippen molar-refractivity contribution in [2.24, 2.45) is 0 Å². The van der Waals surface area contributed by atoms with Gasteiger partial charge < -0.3 is 9.80 Å². The number of amides is 1. The number of pyridine rings is 1. The van der Waals surface area contributed by atoms with Crippen LogP contribution in [-0.4, -0.2) is 45.9 Å². The highest BCUT2D eigenvalue weighted by Gasteiger charge is 2.37. The molecular formula is C31H31N5O2S2. The van der Waals surface area contributed by atoms with Gasteiger partial charge in [0.25, 0.3) is 11.5 Å². The third-order valence-corrected chi connectivity index (χ3v) is 8.96. The second-order valence-electron chi connectivity index (χ2n) is 9.85. The number of nitriles is 1. The van der Waals surface area contributed by atoms with Gasteiger partial charge in [-0.1, -0.05) is 72.5 Å². The maximum absolute atomic E-state index is 13.7. The predicted octanol–water partition coefficient (Wildman–Crippen LogP) is 5.34. The Morgan fingerprint density at radius 3 is 2.20 bits per heavy atom. The lowest BCUT2D eigenvalue weighted by atomic mass is 10.0. The zero-order valence-electron chi connectivity index (χ0n) is 22.8. The van der Waals surface area contributed by atoms with E-state index in [1.54, 1.807) is 16.4 Å². The number of carbonyl (C=O) groups excluding carboxylic acids is 1. The van der Waals surface area contributed by atoms with Gasteiger partial charge in [-0.2, -0.15) is 5.26 Å². The number of carbonyl (C=O) groups is 1. The van der Waals surface area contributed by atoms with Crippen molar-refractivity contribution in [3.63, 3.8) is 0 Å². The molecule has 3 heterocycles. The highest BCUT2D eigenvalue weighted by Crippen LogP contribution is 2.40. The highest BCUT2D eigenvalue weighted by atomic mass is 32.2. The number of piperazine rings is 1. The molecule has 1 amide bonds. The lowest BCUT2D eigenvalue weighted by molar-refractivity contribution is -0.123. The van der Waals surface area contributed by atoms with Gasteiger partial charge >= 0.3 is 0 Å². The molecule has 0 bridgehead atoms. The minimum atomic E-state index is -0.301. The van der Waals surface area contributed by atoms with E-state index in [0.29, 0.717) is 34.4 Å². The Bertz CT molecular complexity index is 1570. The van der Waals surface area contributed by atoms with Crippen molar-refractivity contribution in [2.75, 3.05) is 36.0 Å². The Hall–Kier alpha value is -3.87. The number of nitrogens with zero attached hydrogens (tertiary/aromatic N) is 5. The molecule has 7 nitrogen and oxygen atoms in total. The Morgan fingerprint density at radius 2 is 1.60 bits per heavy atom. The second-order valence-corrected chi connectivity index (χ2v) is 11.5. The molecule has 204 valence electrons. The largest absolute Gasteiger partial charge is 0.368 e. The summed E-state index contributed by atoms with van der Waals surface area (Å²) >= 11 is 6.92. The fraction of sp³-hybridized carbons (Fsp3) is 0.290. The zero-order chi connectivity index (χ0) is 28.4. The molecule has 3 aromatic rings. The first-order valence-corrected chi connectivity index (χ1v) is 14.6. The molecule has 2 aliphatic rings. The SMILES string of the molecule is CCn1c(N2CCN(c3ccccc3)CC2)c(/C=C2\SC(=S)N(C(C)c3ccccc3)C2=O)c(C)c(C#N)c1=O. The van der Waals surface area contributed by atoms with Gasteiger partial charge in [0.1, 0.15) is 21.8 Å². The number of hydrogen-bond acceptors (Lipinski definition) is 7. The molecule has 40 heavy (non-hydrogen) atoms. The van der Waals surface area contributed by atoms with Crippen LogP contribution in [0.15, 0.2) is 70.4 Å². The van der Waals surface area contributed by atoms with Crippen molar-refractivity contribution < 1.29 is 4.79 Å². The number of benzene rings is 2. The molecule has 2 aromatic carbocycles. The summed E-state index contributed by atoms with van der Waals surface area (Å²) in [5.41, 5.74) is 3.28. The molecule has 2 fully saturated rings. The van der Waals surface area contributed by atoms with Crippen LogP contribution in [-0.2, 0) is 11.3 Å². The van der Waals surface area contributed by atoms with Crippen LogP contribution in [0.3, 0.4) is 0 Å². The van der Waals surface area contributed by atoms with E-state index in [1.807, 2.05) is 68.5 Å². The quantitative estimate of drug-likeness (QED) is 0.293. The number of hydrogen-bond donors (Lipinski definition) is 0. The summed E-state index contributed by atoms with van der Waals surface area (Å²) in [4.78, 5) is 33.8. The molecule has 9 heteroatoms. The summed E-state index contributed by atoms with van der Waals surface area (Å²) in [5.74, 6) is 0.580. The Kier molecular flexibility index (Phi) is 8.10. The fourth-order valence-corrected chi connectivity index (χ4v) is 6.82. The first kappa shape index (κ1) is 27.7. The second kappa shape index (κ2) is 11.7. The summed E-state index contributed by atoms with van der Waals surface area (Å²) in [5, 5.41) is 9.90. The molecule has 2 saturated heterocycles. The van der Waals surface area contributed by atoms with Crippen molar-refractivity contribution >= 4 is 51.8 Å². The lowest BCUT2D eigenvalue weighted by Crippen LogP contribution is -2.48. The van der Waals surface area contributed by atoms with Crippen LogP contribution in [0.5, 0.6) is 0 Å². The van der Waals surface area contributed by atoms with E-state index in [9.17, 15) is 14.9 Å². The van der Waals surface area contributed by atoms with Gasteiger partial charge in [0.2, 0.25) is 0 Å². The number of thioether (sulfide) groups is 1. The molecule has 0 saturated carbocycles. The fourth-order valence-electron chi connectivity index (χ4n) is 5.42. The Labute approximate surface area is 244 Å². The summed E-state index contributed by atoms with van der Waals surface area (Å²) in [6, 6.07) is 22.0. The molecule has 1 atom stereocenters. The third kappa shape index (κ3) is 5.05. The normalized spacial score (nSPS) is 17.4. The average molecular weight is 570 g/mol. The summed E-state index contributed by atoms with van der Waals surface area (Å²) in [6.45, 7) is 9.06. The van der Waals surface area contributed by atoms with E-state index >= 15 is 0 Å². The maximum Gasteiger partial charge on any atom is 0.270 e. The number of thiocarbonyl (C=S) groups is 1. The van der Waals surface area contributed by atoms with Gasteiger partial charge in [-0.05, 0) is 50.1 Å². The van der Waals surface area contributed by atoms with Crippen molar-refractivity contribution in [1.29, 1.82) is 5.26 Å². The van der Waals surface area contributed by atoms with Gasteiger partial charge in [0.15, 0.2) is 0 Å². The monoisotopic (exact) mass is 569 g/mol. The molecule has 0 N–H and O–H groups in total. The van der Waals surface area contributed by atoms with Crippen LogP contribution in [0.4, 0.5) is 11.5 Å². The van der Waals surface area contributed by atoms with E-state index < -0.39 is 0 Å². The van der Waals surface area contributed by atoms with Crippen LogP contribution in [0.25, 0.3) is 6.08 Å². The van der Waals surface area contributed by atoms with Crippen LogP contribution in [0.2, 0.25) is 0 Å². The van der Waals surface area contributed by atoms with E-state index in [0.717, 1.165) is 30.0 Å². The van der Waals surface area contributed by atoms with Crippen LogP contribution >= 0.6 is 24.0 Å². The number of para-hydroxylation sites is 1. The van der Waals surface area contributed by atoms with Crippen molar-refractivity contribution in [3.05, 3.63) is 98.2 Å². The van der Waals surface area contributed by atoms with Crippen molar-refractivity contribution in [3.8, 4) is 6.07 Å². The number of anilines is 2. The van der Waals surface area contributed by atoms with Gasteiger partial charge in [-0.3, -0.25) is 19.1 Å².